The quantitative estimate of drug-likeness (QED) is 0.467. The van der Waals surface area contributed by atoms with Crippen molar-refractivity contribution < 1.29 is 17.5 Å². The highest BCUT2D eigenvalue weighted by Gasteiger charge is 2.26. The lowest BCUT2D eigenvalue weighted by Gasteiger charge is -2.09. The third-order valence-electron chi connectivity index (χ3n) is 5.12. The molecule has 0 saturated carbocycles. The summed E-state index contributed by atoms with van der Waals surface area (Å²) in [6, 6.07) is 21.9. The Morgan fingerprint density at radius 3 is 2.42 bits per heavy atom. The molecule has 0 aliphatic carbocycles. The average Bonchev–Trinajstić information content (AvgIpc) is 3.17. The summed E-state index contributed by atoms with van der Waals surface area (Å²) >= 11 is 0. The van der Waals surface area contributed by atoms with E-state index in [1.807, 2.05) is 30.3 Å². The highest BCUT2D eigenvalue weighted by molar-refractivity contribution is 7.89. The molecule has 1 aromatic heterocycles. The number of sulfonamides is 1. The first-order chi connectivity index (χ1) is 15.8. The number of halogens is 1. The highest BCUT2D eigenvalue weighted by atomic mass is 32.2. The molecule has 0 fully saturated rings. The van der Waals surface area contributed by atoms with Gasteiger partial charge in [0.05, 0.1) is 18.6 Å². The first-order valence-corrected chi connectivity index (χ1v) is 11.4. The zero-order valence-electron chi connectivity index (χ0n) is 17.6. The van der Waals surface area contributed by atoms with E-state index in [2.05, 4.69) is 11.2 Å². The lowest BCUT2D eigenvalue weighted by molar-refractivity contribution is 0.386. The lowest BCUT2D eigenvalue weighted by Crippen LogP contribution is -2.13. The van der Waals surface area contributed by atoms with Crippen LogP contribution < -0.4 is 9.88 Å². The number of methoxy groups -OCH3 is 1. The van der Waals surface area contributed by atoms with E-state index in [-0.39, 0.29) is 34.1 Å². The van der Waals surface area contributed by atoms with Gasteiger partial charge in [-0.15, -0.1) is 0 Å². The Hall–Kier alpha value is -4.00. The molecule has 4 rings (SSSR count). The Balaban J connectivity index is 2.02. The Labute approximate surface area is 190 Å². The van der Waals surface area contributed by atoms with Gasteiger partial charge in [-0.05, 0) is 29.3 Å². The molecule has 0 aliphatic rings. The molecule has 0 saturated heterocycles. The van der Waals surface area contributed by atoms with E-state index in [9.17, 15) is 18.1 Å². The maximum absolute atomic E-state index is 14.6. The third-order valence-corrected chi connectivity index (χ3v) is 6.09. The molecule has 33 heavy (non-hydrogen) atoms. The number of aromatic nitrogens is 2. The molecular weight excluding hydrogens is 443 g/mol. The molecule has 3 aromatic carbocycles. The van der Waals surface area contributed by atoms with Gasteiger partial charge < -0.3 is 4.74 Å². The van der Waals surface area contributed by atoms with Crippen LogP contribution in [-0.2, 0) is 16.6 Å². The molecule has 0 atom stereocenters. The minimum absolute atomic E-state index is 0.0421. The summed E-state index contributed by atoms with van der Waals surface area (Å²) in [5, 5.41) is 20.1. The van der Waals surface area contributed by atoms with Gasteiger partial charge in [-0.25, -0.2) is 22.6 Å². The second kappa shape index (κ2) is 8.86. The van der Waals surface area contributed by atoms with E-state index in [0.29, 0.717) is 11.1 Å². The molecule has 2 N–H and O–H groups in total. The van der Waals surface area contributed by atoms with Crippen LogP contribution in [0.2, 0.25) is 0 Å². The van der Waals surface area contributed by atoms with Crippen LogP contribution in [0.4, 0.5) is 4.39 Å². The standard InChI is InChI=1S/C24H19FN4O3S/c1-32-21-12-11-17(13-19(21)25)23-20(14-26)29(15-16-7-3-2-4-8-16)28-24(23)18-9-5-6-10-22(18)33(27,30)31/h2-13H,15H2,1H3,(H2,27,30,31). The second-order valence-electron chi connectivity index (χ2n) is 7.22. The van der Waals surface area contributed by atoms with Gasteiger partial charge >= 0.3 is 0 Å². The number of nitrogens with zero attached hydrogens (tertiary/aromatic N) is 3. The number of primary sulfonamides is 1. The minimum atomic E-state index is -4.09. The predicted molar refractivity (Wildman–Crippen MR) is 121 cm³/mol. The zero-order chi connectivity index (χ0) is 23.6. The summed E-state index contributed by atoms with van der Waals surface area (Å²) in [4.78, 5) is -0.144. The van der Waals surface area contributed by atoms with E-state index in [1.165, 1.54) is 30.0 Å². The normalized spacial score (nSPS) is 11.2. The first kappa shape index (κ1) is 22.2. The zero-order valence-corrected chi connectivity index (χ0v) is 18.4. The number of benzene rings is 3. The predicted octanol–water partition coefficient (Wildman–Crippen LogP) is 3.93. The highest BCUT2D eigenvalue weighted by Crippen LogP contribution is 2.38. The molecule has 0 unspecified atom stereocenters. The Morgan fingerprint density at radius 2 is 1.79 bits per heavy atom. The van der Waals surface area contributed by atoms with Gasteiger partial charge in [0, 0.05) is 11.1 Å². The first-order valence-electron chi connectivity index (χ1n) is 9.84. The van der Waals surface area contributed by atoms with Crippen LogP contribution in [0.15, 0.2) is 77.7 Å². The molecule has 0 aliphatic heterocycles. The minimum Gasteiger partial charge on any atom is -0.494 e. The molecule has 1 heterocycles. The van der Waals surface area contributed by atoms with Crippen molar-refractivity contribution in [1.29, 1.82) is 5.26 Å². The van der Waals surface area contributed by atoms with E-state index in [1.54, 1.807) is 24.3 Å². The van der Waals surface area contributed by atoms with Crippen molar-refractivity contribution in [3.8, 4) is 34.2 Å². The van der Waals surface area contributed by atoms with E-state index in [4.69, 9.17) is 9.88 Å². The molecule has 0 radical (unpaired) electrons. The van der Waals surface area contributed by atoms with Crippen LogP contribution in [0.5, 0.6) is 5.75 Å². The maximum atomic E-state index is 14.6. The SMILES string of the molecule is COc1ccc(-c2c(-c3ccccc3S(N)(=O)=O)nn(Cc3ccccc3)c2C#N)cc1F. The Kier molecular flexibility index (Phi) is 5.96. The average molecular weight is 463 g/mol. The van der Waals surface area contributed by atoms with Crippen molar-refractivity contribution in [2.75, 3.05) is 7.11 Å². The third kappa shape index (κ3) is 4.35. The van der Waals surface area contributed by atoms with Crippen molar-refractivity contribution in [2.24, 2.45) is 5.14 Å². The molecule has 9 heteroatoms. The van der Waals surface area contributed by atoms with Crippen LogP contribution in [0.3, 0.4) is 0 Å². The van der Waals surface area contributed by atoms with Gasteiger partial charge in [-0.2, -0.15) is 10.4 Å². The topological polar surface area (TPSA) is 111 Å². The second-order valence-corrected chi connectivity index (χ2v) is 8.75. The summed E-state index contributed by atoms with van der Waals surface area (Å²) in [7, 11) is -2.74. The van der Waals surface area contributed by atoms with Crippen molar-refractivity contribution in [3.63, 3.8) is 0 Å². The summed E-state index contributed by atoms with van der Waals surface area (Å²) in [6.45, 7) is 0.257. The summed E-state index contributed by atoms with van der Waals surface area (Å²) in [6.07, 6.45) is 0. The summed E-state index contributed by atoms with van der Waals surface area (Å²) in [5.74, 6) is -0.583. The fourth-order valence-corrected chi connectivity index (χ4v) is 4.38. The fourth-order valence-electron chi connectivity index (χ4n) is 3.64. The summed E-state index contributed by atoms with van der Waals surface area (Å²) in [5.41, 5.74) is 2.11. The van der Waals surface area contributed by atoms with Gasteiger partial charge in [-0.3, -0.25) is 0 Å². The molecular formula is C24H19FN4O3S. The lowest BCUT2D eigenvalue weighted by atomic mass is 9.98. The maximum Gasteiger partial charge on any atom is 0.238 e. The molecule has 4 aromatic rings. The van der Waals surface area contributed by atoms with Crippen molar-refractivity contribution in [2.45, 2.75) is 11.4 Å². The van der Waals surface area contributed by atoms with Gasteiger partial charge in [0.25, 0.3) is 0 Å². The number of rotatable bonds is 6. The van der Waals surface area contributed by atoms with Gasteiger partial charge in [0.1, 0.15) is 17.5 Å². The smallest absolute Gasteiger partial charge is 0.238 e. The van der Waals surface area contributed by atoms with E-state index >= 15 is 0 Å². The van der Waals surface area contributed by atoms with Crippen LogP contribution in [-0.4, -0.2) is 25.3 Å². The monoisotopic (exact) mass is 462 g/mol. The summed E-state index contributed by atoms with van der Waals surface area (Å²) < 4.78 is 45.6. The number of nitrogens with two attached hydrogens (primary N) is 1. The number of ether oxygens (including phenoxy) is 1. The van der Waals surface area contributed by atoms with E-state index in [0.717, 1.165) is 5.56 Å². The number of hydrogen-bond donors (Lipinski definition) is 1. The largest absolute Gasteiger partial charge is 0.494 e. The molecule has 7 nitrogen and oxygen atoms in total. The van der Waals surface area contributed by atoms with Crippen LogP contribution in [0.25, 0.3) is 22.4 Å². The van der Waals surface area contributed by atoms with Crippen LogP contribution in [0.1, 0.15) is 11.3 Å². The van der Waals surface area contributed by atoms with Crippen LogP contribution in [0, 0.1) is 17.1 Å². The van der Waals surface area contributed by atoms with Crippen LogP contribution >= 0.6 is 0 Å². The molecule has 0 bridgehead atoms. The van der Waals surface area contributed by atoms with E-state index < -0.39 is 15.8 Å². The number of hydrogen-bond acceptors (Lipinski definition) is 5. The number of nitriles is 1. The Bertz CT molecular complexity index is 1480. The fraction of sp³-hybridized carbons (Fsp3) is 0.0833. The van der Waals surface area contributed by atoms with Crippen molar-refractivity contribution in [3.05, 3.63) is 89.9 Å². The van der Waals surface area contributed by atoms with Gasteiger partial charge in [0.15, 0.2) is 11.6 Å². The van der Waals surface area contributed by atoms with Crippen molar-refractivity contribution >= 4 is 10.0 Å². The Morgan fingerprint density at radius 1 is 1.09 bits per heavy atom. The molecule has 0 amide bonds. The van der Waals surface area contributed by atoms with Crippen molar-refractivity contribution in [1.82, 2.24) is 9.78 Å². The van der Waals surface area contributed by atoms with Gasteiger partial charge in [-0.1, -0.05) is 54.6 Å². The molecule has 166 valence electrons. The van der Waals surface area contributed by atoms with Gasteiger partial charge in [0.2, 0.25) is 10.0 Å². The molecule has 0 spiro atoms.